The third kappa shape index (κ3) is 3.85. The highest BCUT2D eigenvalue weighted by Crippen LogP contribution is 2.34. The Kier molecular flexibility index (Phi) is 5.79. The van der Waals surface area contributed by atoms with E-state index < -0.39 is 11.4 Å². The highest BCUT2D eigenvalue weighted by Gasteiger charge is 2.44. The van der Waals surface area contributed by atoms with E-state index in [9.17, 15) is 19.5 Å². The summed E-state index contributed by atoms with van der Waals surface area (Å²) in [7, 11) is 0. The van der Waals surface area contributed by atoms with Gasteiger partial charge in [-0.2, -0.15) is 0 Å². The molecular weight excluding hydrogens is 262 g/mol. The molecule has 0 bridgehead atoms. The number of hydrogen-bond acceptors (Lipinski definition) is 3. The van der Waals surface area contributed by atoms with Crippen LogP contribution >= 0.6 is 0 Å². The van der Waals surface area contributed by atoms with Crippen LogP contribution in [-0.2, 0) is 9.59 Å². The van der Waals surface area contributed by atoms with E-state index in [1.807, 2.05) is 13.8 Å². The van der Waals surface area contributed by atoms with Crippen LogP contribution in [0, 0.1) is 5.41 Å². The number of rotatable bonds is 6. The Labute approximate surface area is 118 Å². The zero-order valence-corrected chi connectivity index (χ0v) is 12.1. The predicted octanol–water partition coefficient (Wildman–Crippen LogP) is 0.409. The maximum Gasteiger partial charge on any atom is 0.317 e. The van der Waals surface area contributed by atoms with Crippen molar-refractivity contribution in [3.8, 4) is 0 Å². The summed E-state index contributed by atoms with van der Waals surface area (Å²) in [5, 5.41) is 14.4. The molecule has 1 saturated heterocycles. The Morgan fingerprint density at radius 2 is 1.95 bits per heavy atom. The molecule has 0 aromatic carbocycles. The highest BCUT2D eigenvalue weighted by atomic mass is 16.4. The van der Waals surface area contributed by atoms with Gasteiger partial charge in [-0.15, -0.1) is 0 Å². The molecule has 0 radical (unpaired) electrons. The summed E-state index contributed by atoms with van der Waals surface area (Å²) >= 11 is 0. The van der Waals surface area contributed by atoms with Crippen LogP contribution in [0.3, 0.4) is 0 Å². The van der Waals surface area contributed by atoms with E-state index in [1.54, 1.807) is 0 Å². The van der Waals surface area contributed by atoms with E-state index in [2.05, 4.69) is 10.6 Å². The zero-order chi connectivity index (χ0) is 15.2. The first-order valence-electron chi connectivity index (χ1n) is 6.98. The van der Waals surface area contributed by atoms with Gasteiger partial charge in [0.25, 0.3) is 0 Å². The number of carboxylic acid groups (broad SMARTS) is 1. The molecule has 1 rings (SSSR count). The molecule has 7 heteroatoms. The summed E-state index contributed by atoms with van der Waals surface area (Å²) in [4.78, 5) is 36.0. The van der Waals surface area contributed by atoms with Gasteiger partial charge >= 0.3 is 12.0 Å². The van der Waals surface area contributed by atoms with E-state index in [0.717, 1.165) is 6.42 Å². The molecule has 1 atom stereocenters. The van der Waals surface area contributed by atoms with Crippen LogP contribution in [0.4, 0.5) is 4.79 Å². The van der Waals surface area contributed by atoms with Crippen molar-refractivity contribution in [1.29, 1.82) is 0 Å². The van der Waals surface area contributed by atoms with Gasteiger partial charge in [0.2, 0.25) is 5.91 Å². The van der Waals surface area contributed by atoms with Gasteiger partial charge in [-0.3, -0.25) is 9.59 Å². The van der Waals surface area contributed by atoms with Gasteiger partial charge in [0.05, 0.1) is 12.0 Å². The summed E-state index contributed by atoms with van der Waals surface area (Å²) in [6, 6.07) is -0.381. The first-order chi connectivity index (χ1) is 9.45. The van der Waals surface area contributed by atoms with Gasteiger partial charge in [-0.25, -0.2) is 4.79 Å². The number of likely N-dealkylation sites (tertiary alicyclic amines) is 1. The van der Waals surface area contributed by atoms with E-state index >= 15 is 0 Å². The number of carbonyl (C=O) groups excluding carboxylic acids is 2. The third-order valence-electron chi connectivity index (χ3n) is 3.74. The fourth-order valence-corrected chi connectivity index (χ4v) is 2.25. The Balaban J connectivity index is 2.42. The van der Waals surface area contributed by atoms with Crippen LogP contribution in [0.15, 0.2) is 0 Å². The summed E-state index contributed by atoms with van der Waals surface area (Å²) in [5.74, 6) is -1.10. The fourth-order valence-electron chi connectivity index (χ4n) is 2.25. The minimum absolute atomic E-state index is 0.0818. The number of nitrogens with one attached hydrogen (secondary N) is 2. The molecule has 0 aliphatic carbocycles. The summed E-state index contributed by atoms with van der Waals surface area (Å²) < 4.78 is 0. The average Bonchev–Trinajstić information content (AvgIpc) is 2.88. The van der Waals surface area contributed by atoms with E-state index in [4.69, 9.17) is 0 Å². The van der Waals surface area contributed by atoms with Crippen molar-refractivity contribution < 1.29 is 19.5 Å². The molecular formula is C13H23N3O4. The number of urea groups is 1. The SMILES string of the molecule is CCCNC(=O)CNC(=O)N1CCC(CC)(C(=O)O)C1. The Morgan fingerprint density at radius 1 is 1.25 bits per heavy atom. The first-order valence-corrected chi connectivity index (χ1v) is 6.98. The molecule has 20 heavy (non-hydrogen) atoms. The summed E-state index contributed by atoms with van der Waals surface area (Å²) in [6.07, 6.45) is 1.78. The lowest BCUT2D eigenvalue weighted by Gasteiger charge is -2.23. The van der Waals surface area contributed by atoms with Gasteiger partial charge in [-0.05, 0) is 19.3 Å². The predicted molar refractivity (Wildman–Crippen MR) is 73.2 cm³/mol. The number of nitrogens with zero attached hydrogens (tertiary/aromatic N) is 1. The first kappa shape index (κ1) is 16.3. The van der Waals surface area contributed by atoms with Crippen molar-refractivity contribution in [3.05, 3.63) is 0 Å². The topological polar surface area (TPSA) is 98.7 Å². The zero-order valence-electron chi connectivity index (χ0n) is 12.1. The lowest BCUT2D eigenvalue weighted by atomic mass is 9.84. The van der Waals surface area contributed by atoms with Crippen LogP contribution in [-0.4, -0.2) is 54.1 Å². The molecule has 1 heterocycles. The second-order valence-electron chi connectivity index (χ2n) is 5.12. The van der Waals surface area contributed by atoms with Crippen LogP contribution in [0.1, 0.15) is 33.1 Å². The molecule has 3 N–H and O–H groups in total. The number of hydrogen-bond donors (Lipinski definition) is 3. The summed E-state index contributed by atoms with van der Waals surface area (Å²) in [6.45, 7) is 4.86. The molecule has 1 aliphatic heterocycles. The Bertz CT molecular complexity index is 386. The minimum atomic E-state index is -0.865. The molecule has 7 nitrogen and oxygen atoms in total. The Morgan fingerprint density at radius 3 is 2.45 bits per heavy atom. The minimum Gasteiger partial charge on any atom is -0.481 e. The van der Waals surface area contributed by atoms with Crippen molar-refractivity contribution in [1.82, 2.24) is 15.5 Å². The van der Waals surface area contributed by atoms with Crippen molar-refractivity contribution in [2.24, 2.45) is 5.41 Å². The number of carboxylic acids is 1. The molecule has 3 amide bonds. The average molecular weight is 285 g/mol. The number of carbonyl (C=O) groups is 3. The molecule has 1 aliphatic rings. The van der Waals surface area contributed by atoms with Gasteiger partial charge in [0.15, 0.2) is 0 Å². The van der Waals surface area contributed by atoms with E-state index in [-0.39, 0.29) is 25.0 Å². The van der Waals surface area contributed by atoms with E-state index in [0.29, 0.717) is 25.9 Å². The molecule has 0 saturated carbocycles. The molecule has 1 unspecified atom stereocenters. The molecule has 0 aromatic heterocycles. The van der Waals surface area contributed by atoms with Gasteiger partial charge < -0.3 is 20.6 Å². The molecule has 0 spiro atoms. The molecule has 1 fully saturated rings. The van der Waals surface area contributed by atoms with Gasteiger partial charge in [-0.1, -0.05) is 13.8 Å². The smallest absolute Gasteiger partial charge is 0.317 e. The molecule has 0 aromatic rings. The second-order valence-corrected chi connectivity index (χ2v) is 5.12. The lowest BCUT2D eigenvalue weighted by molar-refractivity contribution is -0.148. The third-order valence-corrected chi connectivity index (χ3v) is 3.74. The van der Waals surface area contributed by atoms with Gasteiger partial charge in [0.1, 0.15) is 0 Å². The number of amides is 3. The van der Waals surface area contributed by atoms with Crippen molar-refractivity contribution >= 4 is 17.9 Å². The van der Waals surface area contributed by atoms with Crippen LogP contribution in [0.5, 0.6) is 0 Å². The maximum absolute atomic E-state index is 11.9. The van der Waals surface area contributed by atoms with Crippen LogP contribution in [0.2, 0.25) is 0 Å². The van der Waals surface area contributed by atoms with E-state index in [1.165, 1.54) is 4.90 Å². The monoisotopic (exact) mass is 285 g/mol. The normalized spacial score (nSPS) is 21.6. The Hall–Kier alpha value is -1.79. The fraction of sp³-hybridized carbons (Fsp3) is 0.769. The van der Waals surface area contributed by atoms with Crippen molar-refractivity contribution in [2.75, 3.05) is 26.2 Å². The number of aliphatic carboxylic acids is 1. The highest BCUT2D eigenvalue weighted by molar-refractivity contribution is 5.85. The molecule has 114 valence electrons. The van der Waals surface area contributed by atoms with Crippen molar-refractivity contribution in [3.63, 3.8) is 0 Å². The quantitative estimate of drug-likeness (QED) is 0.658. The van der Waals surface area contributed by atoms with Crippen molar-refractivity contribution in [2.45, 2.75) is 33.1 Å². The van der Waals surface area contributed by atoms with Gasteiger partial charge in [0, 0.05) is 19.6 Å². The maximum atomic E-state index is 11.9. The van der Waals surface area contributed by atoms with Crippen LogP contribution in [0.25, 0.3) is 0 Å². The lowest BCUT2D eigenvalue weighted by Crippen LogP contribution is -2.45. The summed E-state index contributed by atoms with van der Waals surface area (Å²) in [5.41, 5.74) is -0.845. The largest absolute Gasteiger partial charge is 0.481 e. The second kappa shape index (κ2) is 7.12. The standard InChI is InChI=1S/C13H23N3O4/c1-3-6-14-10(17)8-15-12(20)16-7-5-13(4-2,9-16)11(18)19/h3-9H2,1-2H3,(H,14,17)(H,15,20)(H,18,19). The van der Waals surface area contributed by atoms with Crippen LogP contribution < -0.4 is 10.6 Å².